The number of aromatic nitrogens is 1. The maximum atomic E-state index is 5.71. The molecule has 1 unspecified atom stereocenters. The van der Waals surface area contributed by atoms with Crippen LogP contribution in [0, 0.1) is 0 Å². The highest BCUT2D eigenvalue weighted by atomic mass is 16.5. The lowest BCUT2D eigenvalue weighted by Gasteiger charge is -2.25. The lowest BCUT2D eigenvalue weighted by Crippen LogP contribution is -2.14. The molecular formula is C16H18N2O. The average Bonchev–Trinajstić information content (AvgIpc) is 2.45. The van der Waals surface area contributed by atoms with Gasteiger partial charge in [-0.25, -0.2) is 4.98 Å². The molecule has 1 aromatic heterocycles. The van der Waals surface area contributed by atoms with Crippen molar-refractivity contribution in [3.05, 3.63) is 53.7 Å². The van der Waals surface area contributed by atoms with Crippen LogP contribution in [-0.4, -0.2) is 11.6 Å². The fourth-order valence-corrected chi connectivity index (χ4v) is 2.71. The van der Waals surface area contributed by atoms with Crippen molar-refractivity contribution in [3.8, 4) is 5.75 Å². The molecule has 0 bridgehead atoms. The lowest BCUT2D eigenvalue weighted by molar-refractivity contribution is 0.263. The highest BCUT2D eigenvalue weighted by molar-refractivity contribution is 5.38. The van der Waals surface area contributed by atoms with Crippen molar-refractivity contribution in [2.75, 3.05) is 12.3 Å². The summed E-state index contributed by atoms with van der Waals surface area (Å²) >= 11 is 0. The van der Waals surface area contributed by atoms with Gasteiger partial charge in [-0.05, 0) is 54.5 Å². The van der Waals surface area contributed by atoms with Crippen LogP contribution in [0.25, 0.3) is 0 Å². The second kappa shape index (κ2) is 5.31. The van der Waals surface area contributed by atoms with Gasteiger partial charge in [-0.15, -0.1) is 0 Å². The summed E-state index contributed by atoms with van der Waals surface area (Å²) in [6, 6.07) is 12.4. The highest BCUT2D eigenvalue weighted by Crippen LogP contribution is 2.36. The average molecular weight is 254 g/mol. The molecule has 1 aromatic carbocycles. The zero-order chi connectivity index (χ0) is 13.1. The molecule has 0 fully saturated rings. The molecule has 0 radical (unpaired) electrons. The second-order valence-corrected chi connectivity index (χ2v) is 5.00. The van der Waals surface area contributed by atoms with Crippen LogP contribution >= 0.6 is 0 Å². The van der Waals surface area contributed by atoms with Crippen molar-refractivity contribution in [1.82, 2.24) is 4.98 Å². The van der Waals surface area contributed by atoms with E-state index in [0.29, 0.717) is 11.7 Å². The maximum Gasteiger partial charge on any atom is 0.123 e. The quantitative estimate of drug-likeness (QED) is 0.915. The first kappa shape index (κ1) is 12.0. The molecule has 1 aliphatic rings. The summed E-state index contributed by atoms with van der Waals surface area (Å²) in [6.07, 6.45) is 5.04. The zero-order valence-electron chi connectivity index (χ0n) is 10.9. The van der Waals surface area contributed by atoms with E-state index in [4.69, 9.17) is 10.5 Å². The molecule has 0 saturated heterocycles. The van der Waals surface area contributed by atoms with Gasteiger partial charge in [0.1, 0.15) is 11.6 Å². The number of para-hydroxylation sites is 1. The van der Waals surface area contributed by atoms with Crippen molar-refractivity contribution in [2.45, 2.75) is 25.2 Å². The maximum absolute atomic E-state index is 5.71. The predicted molar refractivity (Wildman–Crippen MR) is 76.3 cm³/mol. The fourth-order valence-electron chi connectivity index (χ4n) is 2.71. The van der Waals surface area contributed by atoms with Gasteiger partial charge < -0.3 is 10.5 Å². The Kier molecular flexibility index (Phi) is 3.36. The van der Waals surface area contributed by atoms with Crippen LogP contribution in [0.5, 0.6) is 5.75 Å². The van der Waals surface area contributed by atoms with E-state index in [-0.39, 0.29) is 0 Å². The van der Waals surface area contributed by atoms with Crippen LogP contribution in [0.4, 0.5) is 5.82 Å². The largest absolute Gasteiger partial charge is 0.493 e. The van der Waals surface area contributed by atoms with Gasteiger partial charge in [0.25, 0.3) is 0 Å². The van der Waals surface area contributed by atoms with Gasteiger partial charge in [0.15, 0.2) is 0 Å². The highest BCUT2D eigenvalue weighted by Gasteiger charge is 2.20. The molecule has 1 atom stereocenters. The van der Waals surface area contributed by atoms with Gasteiger partial charge in [0.05, 0.1) is 6.61 Å². The molecule has 3 nitrogen and oxygen atoms in total. The Morgan fingerprint density at radius 3 is 3.05 bits per heavy atom. The molecule has 0 spiro atoms. The number of anilines is 1. The van der Waals surface area contributed by atoms with Crippen molar-refractivity contribution in [2.24, 2.45) is 0 Å². The predicted octanol–water partition coefficient (Wildman–Crippen LogP) is 3.16. The van der Waals surface area contributed by atoms with Crippen LogP contribution in [-0.2, 0) is 6.42 Å². The van der Waals surface area contributed by atoms with Gasteiger partial charge in [0, 0.05) is 6.20 Å². The summed E-state index contributed by atoms with van der Waals surface area (Å²) in [5.41, 5.74) is 8.32. The third-order valence-electron chi connectivity index (χ3n) is 3.71. The van der Waals surface area contributed by atoms with E-state index in [9.17, 15) is 0 Å². The van der Waals surface area contributed by atoms with Crippen LogP contribution in [0.15, 0.2) is 42.6 Å². The summed E-state index contributed by atoms with van der Waals surface area (Å²) in [7, 11) is 0. The third-order valence-corrected chi connectivity index (χ3v) is 3.71. The van der Waals surface area contributed by atoms with Crippen molar-refractivity contribution < 1.29 is 4.74 Å². The first-order chi connectivity index (χ1) is 9.33. The molecule has 0 saturated carbocycles. The number of hydrogen-bond acceptors (Lipinski definition) is 3. The minimum Gasteiger partial charge on any atom is -0.493 e. The van der Waals surface area contributed by atoms with Gasteiger partial charge in [-0.3, -0.25) is 0 Å². The number of ether oxygens (including phenoxy) is 1. The Balaban J connectivity index is 1.71. The number of nitrogen functional groups attached to an aromatic ring is 1. The molecule has 19 heavy (non-hydrogen) atoms. The van der Waals surface area contributed by atoms with Gasteiger partial charge >= 0.3 is 0 Å². The number of aryl methyl sites for hydroxylation is 1. The van der Waals surface area contributed by atoms with Gasteiger partial charge in [-0.2, -0.15) is 0 Å². The van der Waals surface area contributed by atoms with E-state index in [1.165, 1.54) is 11.1 Å². The number of fused-ring (bicyclic) bond motifs is 1. The molecule has 0 aliphatic carbocycles. The summed E-state index contributed by atoms with van der Waals surface area (Å²) in [6.45, 7) is 0.820. The smallest absolute Gasteiger partial charge is 0.123 e. The summed E-state index contributed by atoms with van der Waals surface area (Å²) in [5, 5.41) is 0. The molecular weight excluding hydrogens is 236 g/mol. The van der Waals surface area contributed by atoms with E-state index in [1.807, 2.05) is 18.2 Å². The molecule has 98 valence electrons. The SMILES string of the molecule is Nc1cc(CCC2CCOc3ccccc32)ccn1. The molecule has 2 aromatic rings. The molecule has 3 rings (SSSR count). The zero-order valence-corrected chi connectivity index (χ0v) is 10.9. The molecule has 1 aliphatic heterocycles. The molecule has 3 heteroatoms. The van der Waals surface area contributed by atoms with Crippen LogP contribution in [0.1, 0.15) is 29.9 Å². The van der Waals surface area contributed by atoms with E-state index < -0.39 is 0 Å². The van der Waals surface area contributed by atoms with E-state index >= 15 is 0 Å². The van der Waals surface area contributed by atoms with Crippen molar-refractivity contribution in [1.29, 1.82) is 0 Å². The van der Waals surface area contributed by atoms with Crippen LogP contribution < -0.4 is 10.5 Å². The standard InChI is InChI=1S/C16H18N2O/c17-16-11-12(7-9-18-16)5-6-13-8-10-19-15-4-2-1-3-14(13)15/h1-4,7,9,11,13H,5-6,8,10H2,(H2,17,18). The monoisotopic (exact) mass is 254 g/mol. The Hall–Kier alpha value is -2.03. The summed E-state index contributed by atoms with van der Waals surface area (Å²) < 4.78 is 5.69. The Bertz CT molecular complexity index is 568. The van der Waals surface area contributed by atoms with E-state index in [1.54, 1.807) is 6.20 Å². The summed E-state index contributed by atoms with van der Waals surface area (Å²) in [5.74, 6) is 2.23. The number of benzene rings is 1. The Morgan fingerprint density at radius 1 is 1.26 bits per heavy atom. The number of hydrogen-bond donors (Lipinski definition) is 1. The van der Waals surface area contributed by atoms with Crippen molar-refractivity contribution >= 4 is 5.82 Å². The Labute approximate surface area is 113 Å². The first-order valence-electron chi connectivity index (χ1n) is 6.75. The van der Waals surface area contributed by atoms with E-state index in [2.05, 4.69) is 23.2 Å². The van der Waals surface area contributed by atoms with Crippen LogP contribution in [0.3, 0.4) is 0 Å². The van der Waals surface area contributed by atoms with Crippen molar-refractivity contribution in [3.63, 3.8) is 0 Å². The third kappa shape index (κ3) is 2.70. The van der Waals surface area contributed by atoms with Gasteiger partial charge in [-0.1, -0.05) is 18.2 Å². The molecule has 2 N–H and O–H groups in total. The second-order valence-electron chi connectivity index (χ2n) is 5.00. The Morgan fingerprint density at radius 2 is 2.16 bits per heavy atom. The summed E-state index contributed by atoms with van der Waals surface area (Å²) in [4.78, 5) is 4.03. The number of pyridine rings is 1. The number of nitrogens with zero attached hydrogens (tertiary/aromatic N) is 1. The van der Waals surface area contributed by atoms with Gasteiger partial charge in [0.2, 0.25) is 0 Å². The molecule has 2 heterocycles. The number of rotatable bonds is 3. The fraction of sp³-hybridized carbons (Fsp3) is 0.312. The van der Waals surface area contributed by atoms with E-state index in [0.717, 1.165) is 31.6 Å². The first-order valence-corrected chi connectivity index (χ1v) is 6.75. The normalized spacial score (nSPS) is 17.6. The van der Waals surface area contributed by atoms with Crippen LogP contribution in [0.2, 0.25) is 0 Å². The molecule has 0 amide bonds. The number of nitrogens with two attached hydrogens (primary N) is 1. The topological polar surface area (TPSA) is 48.1 Å². The minimum atomic E-state index is 0.583. The minimum absolute atomic E-state index is 0.583. The lowest BCUT2D eigenvalue weighted by atomic mass is 9.88.